The molecule has 1 aliphatic carbocycles. The molecule has 10 heteroatoms. The highest BCUT2D eigenvalue weighted by Crippen LogP contribution is 2.37. The van der Waals surface area contributed by atoms with E-state index in [2.05, 4.69) is 35.8 Å². The molecule has 0 aromatic carbocycles. The van der Waals surface area contributed by atoms with Crippen LogP contribution >= 0.6 is 0 Å². The first kappa shape index (κ1) is 18.2. The summed E-state index contributed by atoms with van der Waals surface area (Å²) in [6, 6.07) is 3.31. The third kappa shape index (κ3) is 3.36. The van der Waals surface area contributed by atoms with Crippen LogP contribution in [0, 0.1) is 6.92 Å². The first-order valence-corrected chi connectivity index (χ1v) is 9.83. The number of nitrogens with zero attached hydrogens (tertiary/aromatic N) is 6. The minimum Gasteiger partial charge on any atom is -0.342 e. The van der Waals surface area contributed by atoms with E-state index in [0.717, 1.165) is 29.7 Å². The van der Waals surface area contributed by atoms with E-state index < -0.39 is 0 Å². The number of aryl methyl sites for hydroxylation is 1. The first-order chi connectivity index (χ1) is 14.7. The summed E-state index contributed by atoms with van der Waals surface area (Å²) in [6.45, 7) is 1.87. The first-order valence-electron chi connectivity index (χ1n) is 9.83. The molecule has 2 amide bonds. The zero-order chi connectivity index (χ0) is 20.5. The minimum atomic E-state index is -0.365. The maximum atomic E-state index is 12.7. The van der Waals surface area contributed by atoms with E-state index in [4.69, 9.17) is 4.52 Å². The van der Waals surface area contributed by atoms with Gasteiger partial charge in [-0.15, -0.1) is 0 Å². The standard InChI is InChI=1S/C20H20N8O2/c1-12-8-14(9-22-17(12)19-23-11-30-27-19)25-20(29)26-15-10-21-16-6-7-24-28(16)18(15)13-4-2-3-5-13/h6-11,13H,2-5H2,1H3,(H2,25,26,29). The molecule has 4 aromatic rings. The second-order valence-corrected chi connectivity index (χ2v) is 7.36. The van der Waals surface area contributed by atoms with Crippen molar-refractivity contribution >= 4 is 23.1 Å². The number of pyridine rings is 1. The van der Waals surface area contributed by atoms with Crippen LogP contribution in [0.4, 0.5) is 16.2 Å². The smallest absolute Gasteiger partial charge is 0.323 e. The van der Waals surface area contributed by atoms with Crippen LogP contribution < -0.4 is 10.6 Å². The Hall–Kier alpha value is -3.82. The zero-order valence-corrected chi connectivity index (χ0v) is 16.4. The Morgan fingerprint density at radius 1 is 1.17 bits per heavy atom. The number of aromatic nitrogens is 6. The lowest BCUT2D eigenvalue weighted by atomic mass is 10.0. The molecule has 0 saturated heterocycles. The van der Waals surface area contributed by atoms with Crippen molar-refractivity contribution in [1.82, 2.24) is 29.7 Å². The summed E-state index contributed by atoms with van der Waals surface area (Å²) < 4.78 is 6.60. The fourth-order valence-electron chi connectivity index (χ4n) is 4.02. The van der Waals surface area contributed by atoms with Gasteiger partial charge in [0.15, 0.2) is 5.65 Å². The van der Waals surface area contributed by atoms with Gasteiger partial charge in [-0.05, 0) is 31.4 Å². The maximum Gasteiger partial charge on any atom is 0.323 e. The summed E-state index contributed by atoms with van der Waals surface area (Å²) in [6.07, 6.45) is 10.8. The predicted octanol–water partition coefficient (Wildman–Crippen LogP) is 3.78. The van der Waals surface area contributed by atoms with Gasteiger partial charge in [0.25, 0.3) is 0 Å². The van der Waals surface area contributed by atoms with Gasteiger partial charge in [-0.3, -0.25) is 4.98 Å². The predicted molar refractivity (Wildman–Crippen MR) is 109 cm³/mol. The van der Waals surface area contributed by atoms with Crippen LogP contribution in [0.15, 0.2) is 41.6 Å². The monoisotopic (exact) mass is 404 g/mol. The molecule has 0 radical (unpaired) electrons. The number of amides is 2. The van der Waals surface area contributed by atoms with E-state index in [9.17, 15) is 4.79 Å². The van der Waals surface area contributed by atoms with E-state index in [1.165, 1.54) is 19.2 Å². The third-order valence-corrected chi connectivity index (χ3v) is 5.35. The van der Waals surface area contributed by atoms with Crippen LogP contribution in [-0.4, -0.2) is 35.8 Å². The number of rotatable bonds is 4. The van der Waals surface area contributed by atoms with E-state index in [1.54, 1.807) is 18.6 Å². The van der Waals surface area contributed by atoms with Crippen LogP contribution in [0.2, 0.25) is 0 Å². The zero-order valence-electron chi connectivity index (χ0n) is 16.4. The Kier molecular flexibility index (Phi) is 4.58. The summed E-state index contributed by atoms with van der Waals surface area (Å²) in [5, 5.41) is 14.0. The van der Waals surface area contributed by atoms with Gasteiger partial charge in [0.1, 0.15) is 5.69 Å². The van der Waals surface area contributed by atoms with Crippen molar-refractivity contribution in [1.29, 1.82) is 0 Å². The highest BCUT2D eigenvalue weighted by molar-refractivity contribution is 6.00. The van der Waals surface area contributed by atoms with Gasteiger partial charge in [-0.1, -0.05) is 18.0 Å². The quantitative estimate of drug-likeness (QED) is 0.530. The van der Waals surface area contributed by atoms with Gasteiger partial charge in [-0.25, -0.2) is 14.3 Å². The van der Waals surface area contributed by atoms with E-state index in [0.29, 0.717) is 28.8 Å². The molecular weight excluding hydrogens is 384 g/mol. The highest BCUT2D eigenvalue weighted by Gasteiger charge is 2.24. The molecule has 2 N–H and O–H groups in total. The van der Waals surface area contributed by atoms with E-state index in [-0.39, 0.29) is 6.03 Å². The molecule has 1 fully saturated rings. The second-order valence-electron chi connectivity index (χ2n) is 7.36. The van der Waals surface area contributed by atoms with Gasteiger partial charge < -0.3 is 15.2 Å². The van der Waals surface area contributed by atoms with Crippen molar-refractivity contribution in [3.63, 3.8) is 0 Å². The van der Waals surface area contributed by atoms with Gasteiger partial charge >= 0.3 is 6.03 Å². The molecule has 0 aliphatic heterocycles. The van der Waals surface area contributed by atoms with E-state index in [1.807, 2.05) is 23.6 Å². The summed E-state index contributed by atoms with van der Waals surface area (Å²) in [5.74, 6) is 0.757. The number of hydrogen-bond acceptors (Lipinski definition) is 7. The van der Waals surface area contributed by atoms with Gasteiger partial charge in [0.05, 0.1) is 35.7 Å². The summed E-state index contributed by atoms with van der Waals surface area (Å²) in [5.41, 5.74) is 4.43. The SMILES string of the molecule is Cc1cc(NC(=O)Nc2cnc3ccnn3c2C2CCCC2)cnc1-c1ncon1. The Balaban J connectivity index is 1.37. The molecule has 0 unspecified atom stereocenters. The summed E-state index contributed by atoms with van der Waals surface area (Å²) in [4.78, 5) is 25.5. The molecule has 0 bridgehead atoms. The summed E-state index contributed by atoms with van der Waals surface area (Å²) >= 11 is 0. The van der Waals surface area contributed by atoms with Crippen LogP contribution in [0.1, 0.15) is 42.9 Å². The maximum absolute atomic E-state index is 12.7. The molecule has 0 spiro atoms. The molecule has 152 valence electrons. The lowest BCUT2D eigenvalue weighted by Crippen LogP contribution is -2.22. The third-order valence-electron chi connectivity index (χ3n) is 5.35. The average molecular weight is 404 g/mol. The topological polar surface area (TPSA) is 123 Å². The Bertz CT molecular complexity index is 1190. The number of nitrogens with one attached hydrogen (secondary N) is 2. The minimum absolute atomic E-state index is 0.351. The van der Waals surface area contributed by atoms with Crippen molar-refractivity contribution in [2.75, 3.05) is 10.6 Å². The van der Waals surface area contributed by atoms with Gasteiger partial charge in [-0.2, -0.15) is 10.1 Å². The van der Waals surface area contributed by atoms with Crippen LogP contribution in [0.25, 0.3) is 17.2 Å². The summed E-state index contributed by atoms with van der Waals surface area (Å²) in [7, 11) is 0. The van der Waals surface area contributed by atoms with Gasteiger partial charge in [0, 0.05) is 12.0 Å². The van der Waals surface area contributed by atoms with Crippen molar-refractivity contribution < 1.29 is 9.32 Å². The second kappa shape index (κ2) is 7.54. The molecule has 30 heavy (non-hydrogen) atoms. The number of carbonyl (C=O) groups is 1. The lowest BCUT2D eigenvalue weighted by Gasteiger charge is -2.17. The van der Waals surface area contributed by atoms with Crippen molar-refractivity contribution in [3.05, 3.63) is 48.4 Å². The molecule has 4 heterocycles. The number of fused-ring (bicyclic) bond motifs is 1. The van der Waals surface area contributed by atoms with Crippen LogP contribution in [0.5, 0.6) is 0 Å². The Morgan fingerprint density at radius 2 is 2.03 bits per heavy atom. The normalized spacial score (nSPS) is 14.3. The van der Waals surface area contributed by atoms with Crippen LogP contribution in [-0.2, 0) is 0 Å². The number of carbonyl (C=O) groups excluding carboxylic acids is 1. The Morgan fingerprint density at radius 3 is 2.80 bits per heavy atom. The van der Waals surface area contributed by atoms with Crippen molar-refractivity contribution in [2.45, 2.75) is 38.5 Å². The number of urea groups is 1. The lowest BCUT2D eigenvalue weighted by molar-refractivity contribution is 0.262. The molecule has 0 atom stereocenters. The molecule has 5 rings (SSSR count). The average Bonchev–Trinajstić information content (AvgIpc) is 3.50. The largest absolute Gasteiger partial charge is 0.342 e. The van der Waals surface area contributed by atoms with Gasteiger partial charge in [0.2, 0.25) is 12.2 Å². The molecule has 4 aromatic heterocycles. The molecule has 1 aliphatic rings. The molecule has 10 nitrogen and oxygen atoms in total. The molecule has 1 saturated carbocycles. The molecular formula is C20H20N8O2. The van der Waals surface area contributed by atoms with Crippen LogP contribution in [0.3, 0.4) is 0 Å². The van der Waals surface area contributed by atoms with E-state index >= 15 is 0 Å². The Labute approximate surface area is 171 Å². The van der Waals surface area contributed by atoms with Crippen molar-refractivity contribution in [2.24, 2.45) is 0 Å². The highest BCUT2D eigenvalue weighted by atomic mass is 16.5. The fraction of sp³-hybridized carbons (Fsp3) is 0.300. The fourth-order valence-corrected chi connectivity index (χ4v) is 4.02. The van der Waals surface area contributed by atoms with Crippen molar-refractivity contribution in [3.8, 4) is 11.5 Å². The number of hydrogen-bond donors (Lipinski definition) is 2. The number of anilines is 2.